The number of carbonyl (C=O) groups excluding carboxylic acids is 1. The molecule has 0 heterocycles. The van der Waals surface area contributed by atoms with Crippen molar-refractivity contribution in [2.45, 2.75) is 19.8 Å². The Bertz CT molecular complexity index is 689. The number of phenols is 1. The van der Waals surface area contributed by atoms with Gasteiger partial charge < -0.3 is 15.0 Å². The van der Waals surface area contributed by atoms with Crippen LogP contribution in [0.1, 0.15) is 29.3 Å². The Hall–Kier alpha value is -2.62. The van der Waals surface area contributed by atoms with Crippen LogP contribution in [0.5, 0.6) is 5.75 Å². The predicted octanol–water partition coefficient (Wildman–Crippen LogP) is 3.28. The summed E-state index contributed by atoms with van der Waals surface area (Å²) in [5.74, 6) is -1.31. The second-order valence-electron chi connectivity index (χ2n) is 4.90. The number of aromatic carboxylic acids is 1. The first kappa shape index (κ1) is 14.8. The molecule has 2 aromatic carbocycles. The van der Waals surface area contributed by atoms with Gasteiger partial charge in [-0.1, -0.05) is 30.3 Å². The van der Waals surface area contributed by atoms with Gasteiger partial charge in [-0.25, -0.2) is 4.79 Å². The van der Waals surface area contributed by atoms with Gasteiger partial charge in [0.05, 0.1) is 0 Å². The Labute approximate surface area is 122 Å². The van der Waals surface area contributed by atoms with E-state index in [0.717, 1.165) is 16.7 Å². The second-order valence-corrected chi connectivity index (χ2v) is 4.90. The number of aromatic hydroxyl groups is 1. The first-order valence-corrected chi connectivity index (χ1v) is 6.63. The summed E-state index contributed by atoms with van der Waals surface area (Å²) in [4.78, 5) is 22.0. The van der Waals surface area contributed by atoms with Crippen molar-refractivity contribution in [3.05, 3.63) is 53.6 Å². The number of Topliss-reactive ketones (excluding diaryl/α,β-unsaturated/α-hetero) is 1. The van der Waals surface area contributed by atoms with Gasteiger partial charge in [0, 0.05) is 6.42 Å². The van der Waals surface area contributed by atoms with E-state index in [-0.39, 0.29) is 17.1 Å². The van der Waals surface area contributed by atoms with Gasteiger partial charge in [-0.3, -0.25) is 0 Å². The van der Waals surface area contributed by atoms with Gasteiger partial charge in [-0.2, -0.15) is 0 Å². The van der Waals surface area contributed by atoms with Gasteiger partial charge in [-0.15, -0.1) is 0 Å². The zero-order chi connectivity index (χ0) is 15.4. The molecule has 0 bridgehead atoms. The molecule has 2 rings (SSSR count). The van der Waals surface area contributed by atoms with E-state index in [1.807, 2.05) is 24.3 Å². The second kappa shape index (κ2) is 6.22. The lowest BCUT2D eigenvalue weighted by atomic mass is 9.95. The predicted molar refractivity (Wildman–Crippen MR) is 79.5 cm³/mol. The number of benzene rings is 2. The molecular weight excluding hydrogens is 268 g/mol. The molecule has 0 saturated heterocycles. The third-order valence-corrected chi connectivity index (χ3v) is 3.30. The van der Waals surface area contributed by atoms with E-state index in [1.165, 1.54) is 12.1 Å². The molecule has 0 saturated carbocycles. The number of carboxylic acid groups (broad SMARTS) is 1. The monoisotopic (exact) mass is 284 g/mol. The minimum atomic E-state index is -1.16. The van der Waals surface area contributed by atoms with Crippen molar-refractivity contribution in [3.8, 4) is 16.9 Å². The Balaban J connectivity index is 2.40. The lowest BCUT2D eigenvalue weighted by Gasteiger charge is -2.10. The van der Waals surface area contributed by atoms with E-state index < -0.39 is 5.97 Å². The average Bonchev–Trinajstić information content (AvgIpc) is 2.45. The van der Waals surface area contributed by atoms with Gasteiger partial charge in [0.15, 0.2) is 0 Å². The highest BCUT2D eigenvalue weighted by Gasteiger charge is 2.12. The minimum Gasteiger partial charge on any atom is -0.507 e. The van der Waals surface area contributed by atoms with Crippen LogP contribution in [0.4, 0.5) is 0 Å². The molecule has 2 aromatic rings. The molecule has 4 nitrogen and oxygen atoms in total. The highest BCUT2D eigenvalue weighted by atomic mass is 16.4. The molecule has 0 fully saturated rings. The van der Waals surface area contributed by atoms with Crippen molar-refractivity contribution in [3.63, 3.8) is 0 Å². The van der Waals surface area contributed by atoms with Crippen LogP contribution in [0.2, 0.25) is 0 Å². The molecule has 108 valence electrons. The molecule has 0 aliphatic rings. The topological polar surface area (TPSA) is 74.6 Å². The maximum absolute atomic E-state index is 11.1. The van der Waals surface area contributed by atoms with Gasteiger partial charge >= 0.3 is 5.97 Å². The van der Waals surface area contributed by atoms with E-state index in [1.54, 1.807) is 13.0 Å². The number of ketones is 1. The molecule has 0 spiro atoms. The van der Waals surface area contributed by atoms with Gasteiger partial charge in [0.25, 0.3) is 0 Å². The summed E-state index contributed by atoms with van der Waals surface area (Å²) in [5.41, 5.74) is 2.50. The summed E-state index contributed by atoms with van der Waals surface area (Å²) in [6, 6.07) is 12.1. The van der Waals surface area contributed by atoms with Crippen molar-refractivity contribution in [1.29, 1.82) is 0 Å². The molecule has 0 amide bonds. The van der Waals surface area contributed by atoms with Crippen LogP contribution in [-0.2, 0) is 11.2 Å². The number of hydrogen-bond donors (Lipinski definition) is 2. The van der Waals surface area contributed by atoms with Crippen molar-refractivity contribution >= 4 is 11.8 Å². The van der Waals surface area contributed by atoms with Crippen molar-refractivity contribution in [2.75, 3.05) is 0 Å². The molecule has 2 N–H and O–H groups in total. The third-order valence-electron chi connectivity index (χ3n) is 3.30. The molecule has 0 aliphatic heterocycles. The van der Waals surface area contributed by atoms with E-state index in [2.05, 4.69) is 0 Å². The van der Waals surface area contributed by atoms with Crippen LogP contribution in [0.3, 0.4) is 0 Å². The van der Waals surface area contributed by atoms with Crippen LogP contribution in [0, 0.1) is 0 Å². The van der Waals surface area contributed by atoms with E-state index in [9.17, 15) is 14.7 Å². The Morgan fingerprint density at radius 3 is 2.43 bits per heavy atom. The Kier molecular flexibility index (Phi) is 4.38. The number of carbonyl (C=O) groups is 2. The van der Waals surface area contributed by atoms with Gasteiger partial charge in [0.1, 0.15) is 17.1 Å². The SMILES string of the molecule is CC(=O)CCc1ccccc1-c1ccc(C(=O)O)c(O)c1. The molecule has 4 heteroatoms. The van der Waals surface area contributed by atoms with Crippen LogP contribution < -0.4 is 0 Å². The maximum Gasteiger partial charge on any atom is 0.339 e. The van der Waals surface area contributed by atoms with E-state index in [0.29, 0.717) is 12.8 Å². The van der Waals surface area contributed by atoms with E-state index >= 15 is 0 Å². The zero-order valence-corrected chi connectivity index (χ0v) is 11.7. The first-order chi connectivity index (χ1) is 9.99. The molecule has 21 heavy (non-hydrogen) atoms. The number of carboxylic acids is 1. The fourth-order valence-electron chi connectivity index (χ4n) is 2.21. The molecule has 0 aliphatic carbocycles. The van der Waals surface area contributed by atoms with Crippen LogP contribution in [0.15, 0.2) is 42.5 Å². The van der Waals surface area contributed by atoms with Gasteiger partial charge in [-0.05, 0) is 42.2 Å². The smallest absolute Gasteiger partial charge is 0.339 e. The maximum atomic E-state index is 11.1. The lowest BCUT2D eigenvalue weighted by Crippen LogP contribution is -1.98. The average molecular weight is 284 g/mol. The molecule has 0 aromatic heterocycles. The fourth-order valence-corrected chi connectivity index (χ4v) is 2.21. The van der Waals surface area contributed by atoms with E-state index in [4.69, 9.17) is 5.11 Å². The standard InChI is InChI=1S/C17H16O4/c1-11(18)6-7-12-4-2-3-5-14(12)13-8-9-15(17(20)21)16(19)10-13/h2-5,8-10,19H,6-7H2,1H3,(H,20,21). The van der Waals surface area contributed by atoms with Crippen LogP contribution in [0.25, 0.3) is 11.1 Å². The minimum absolute atomic E-state index is 0.119. The van der Waals surface area contributed by atoms with Crippen molar-refractivity contribution < 1.29 is 19.8 Å². The highest BCUT2D eigenvalue weighted by Crippen LogP contribution is 2.29. The summed E-state index contributed by atoms with van der Waals surface area (Å²) >= 11 is 0. The summed E-state index contributed by atoms with van der Waals surface area (Å²) in [6.45, 7) is 1.55. The Morgan fingerprint density at radius 1 is 1.10 bits per heavy atom. The van der Waals surface area contributed by atoms with Crippen LogP contribution in [-0.4, -0.2) is 22.0 Å². The summed E-state index contributed by atoms with van der Waals surface area (Å²) in [7, 11) is 0. The van der Waals surface area contributed by atoms with Crippen molar-refractivity contribution in [2.24, 2.45) is 0 Å². The lowest BCUT2D eigenvalue weighted by molar-refractivity contribution is -0.116. The zero-order valence-electron chi connectivity index (χ0n) is 11.7. The quantitative estimate of drug-likeness (QED) is 0.883. The number of aryl methyl sites for hydroxylation is 1. The van der Waals surface area contributed by atoms with Crippen molar-refractivity contribution in [1.82, 2.24) is 0 Å². The van der Waals surface area contributed by atoms with Gasteiger partial charge in [0.2, 0.25) is 0 Å². The number of rotatable bonds is 5. The normalized spacial score (nSPS) is 10.3. The van der Waals surface area contributed by atoms with Crippen LogP contribution >= 0.6 is 0 Å². The molecule has 0 radical (unpaired) electrons. The largest absolute Gasteiger partial charge is 0.507 e. The fraction of sp³-hybridized carbons (Fsp3) is 0.176. The highest BCUT2D eigenvalue weighted by molar-refractivity contribution is 5.91. The summed E-state index contributed by atoms with van der Waals surface area (Å²) < 4.78 is 0. The third kappa shape index (κ3) is 3.48. The summed E-state index contributed by atoms with van der Waals surface area (Å²) in [6.07, 6.45) is 1.07. The first-order valence-electron chi connectivity index (χ1n) is 6.63. The number of hydrogen-bond acceptors (Lipinski definition) is 3. The summed E-state index contributed by atoms with van der Waals surface area (Å²) in [5, 5.41) is 18.7. The molecule has 0 atom stereocenters. The molecule has 0 unspecified atom stereocenters. The molecular formula is C17H16O4. The Morgan fingerprint density at radius 2 is 1.81 bits per heavy atom.